The van der Waals surface area contributed by atoms with Crippen molar-refractivity contribution in [2.75, 3.05) is 38.6 Å². The SMILES string of the molecule is COc1ccc(N(OC)C(=O)c2cc3ccccc3c(N=Nc3ccc4c(c3)C(=O)c3cc(N=Nc5c(O)c(C(=O)N(OC)c6ccc(OC)c(Cl)c6)cc6ccccc56)ccc3-4)c2O)cc1Cl. The number of rotatable bonds is 12. The van der Waals surface area contributed by atoms with E-state index in [0.29, 0.717) is 66.7 Å². The summed E-state index contributed by atoms with van der Waals surface area (Å²) in [6.07, 6.45) is 0. The van der Waals surface area contributed by atoms with Gasteiger partial charge >= 0.3 is 0 Å². The van der Waals surface area contributed by atoms with Crippen LogP contribution in [0.4, 0.5) is 34.1 Å². The van der Waals surface area contributed by atoms with Gasteiger partial charge in [0.1, 0.15) is 22.9 Å². The standard InChI is InChI=1S/C51H36Cl2N6O9/c1-65-43-19-15-31(25-41(43)52)58(67-3)50(63)39-21-27-9-5-7-11-33(27)45(48(39)61)56-54-29-13-17-35-36-18-14-30(24-38(36)47(60)37(35)23-29)55-57-46-34-12-8-6-10-28(34)22-40(49(46)62)51(64)59(68-4)32-16-20-44(66-2)42(53)26-32/h5-26,61-62H,1-4H3. The summed E-state index contributed by atoms with van der Waals surface area (Å²) in [4.78, 5) is 52.8. The maximum absolute atomic E-state index is 14.0. The molecular formula is C51H36Cl2N6O9. The second-order valence-electron chi connectivity index (χ2n) is 15.1. The molecule has 338 valence electrons. The third kappa shape index (κ3) is 8.09. The van der Waals surface area contributed by atoms with E-state index in [1.165, 1.54) is 52.7 Å². The third-order valence-corrected chi connectivity index (χ3v) is 11.8. The van der Waals surface area contributed by atoms with E-state index < -0.39 is 23.3 Å². The van der Waals surface area contributed by atoms with Gasteiger partial charge in [-0.1, -0.05) is 83.9 Å². The van der Waals surface area contributed by atoms with Crippen molar-refractivity contribution in [3.8, 4) is 34.1 Å². The number of halogens is 2. The molecule has 1 aliphatic carbocycles. The van der Waals surface area contributed by atoms with E-state index in [1.807, 2.05) is 0 Å². The van der Waals surface area contributed by atoms with Crippen LogP contribution in [-0.2, 0) is 9.68 Å². The Bertz CT molecular complexity index is 3230. The van der Waals surface area contributed by atoms with Crippen molar-refractivity contribution in [1.82, 2.24) is 0 Å². The molecule has 1 aliphatic rings. The largest absolute Gasteiger partial charge is 0.505 e. The maximum Gasteiger partial charge on any atom is 0.286 e. The molecule has 15 nitrogen and oxygen atoms in total. The average molecular weight is 948 g/mol. The van der Waals surface area contributed by atoms with Crippen LogP contribution >= 0.6 is 23.2 Å². The molecule has 9 rings (SSSR count). The van der Waals surface area contributed by atoms with Crippen molar-refractivity contribution in [1.29, 1.82) is 0 Å². The number of amides is 2. The Labute approximate surface area is 397 Å². The minimum Gasteiger partial charge on any atom is -0.505 e. The number of hydrogen-bond donors (Lipinski definition) is 2. The molecule has 0 aliphatic heterocycles. The highest BCUT2D eigenvalue weighted by Gasteiger charge is 2.29. The van der Waals surface area contributed by atoms with Gasteiger partial charge in [-0.25, -0.2) is 0 Å². The maximum atomic E-state index is 14.0. The van der Waals surface area contributed by atoms with Crippen LogP contribution in [0.5, 0.6) is 23.0 Å². The van der Waals surface area contributed by atoms with Gasteiger partial charge in [-0.15, -0.1) is 10.2 Å². The zero-order valence-corrected chi connectivity index (χ0v) is 37.9. The van der Waals surface area contributed by atoms with Crippen molar-refractivity contribution in [3.05, 3.63) is 166 Å². The molecule has 0 spiro atoms. The summed E-state index contributed by atoms with van der Waals surface area (Å²) in [5.41, 5.74) is 3.01. The number of carbonyl (C=O) groups is 3. The summed E-state index contributed by atoms with van der Waals surface area (Å²) in [5, 5.41) is 45.6. The summed E-state index contributed by atoms with van der Waals surface area (Å²) in [7, 11) is 5.56. The van der Waals surface area contributed by atoms with Crippen molar-refractivity contribution in [2.45, 2.75) is 0 Å². The molecule has 68 heavy (non-hydrogen) atoms. The van der Waals surface area contributed by atoms with Gasteiger partial charge < -0.3 is 19.7 Å². The lowest BCUT2D eigenvalue weighted by Gasteiger charge is -2.21. The second-order valence-corrected chi connectivity index (χ2v) is 15.9. The molecule has 0 fully saturated rings. The van der Waals surface area contributed by atoms with E-state index in [0.717, 1.165) is 10.1 Å². The Morgan fingerprint density at radius 2 is 0.912 bits per heavy atom. The normalized spacial score (nSPS) is 11.9. The van der Waals surface area contributed by atoms with Crippen LogP contribution in [-0.4, -0.2) is 56.2 Å². The Balaban J connectivity index is 1.000. The monoisotopic (exact) mass is 946 g/mol. The van der Waals surface area contributed by atoms with Crippen LogP contribution in [0.25, 0.3) is 32.7 Å². The van der Waals surface area contributed by atoms with E-state index in [4.69, 9.17) is 42.4 Å². The first-order chi connectivity index (χ1) is 32.9. The first kappa shape index (κ1) is 45.0. The van der Waals surface area contributed by atoms with Crippen LogP contribution in [0.3, 0.4) is 0 Å². The lowest BCUT2D eigenvalue weighted by molar-refractivity contribution is 0.0765. The number of carbonyl (C=O) groups excluding carboxylic acids is 3. The molecule has 2 amide bonds. The quantitative estimate of drug-likeness (QED) is 0.0888. The van der Waals surface area contributed by atoms with Gasteiger partial charge in [0, 0.05) is 21.9 Å². The predicted octanol–water partition coefficient (Wildman–Crippen LogP) is 13.2. The summed E-state index contributed by atoms with van der Waals surface area (Å²) in [5.74, 6) is -1.79. The number of phenolic OH excluding ortho intramolecular Hbond substituents is 2. The molecule has 0 unspecified atom stereocenters. The van der Waals surface area contributed by atoms with Crippen LogP contribution < -0.4 is 19.6 Å². The molecule has 0 atom stereocenters. The minimum absolute atomic E-state index is 0.0206. The fraction of sp³-hybridized carbons (Fsp3) is 0.0784. The molecule has 8 aromatic carbocycles. The first-order valence-electron chi connectivity index (χ1n) is 20.5. The molecule has 0 heterocycles. The summed E-state index contributed by atoms with van der Waals surface area (Å²) in [6.45, 7) is 0. The Morgan fingerprint density at radius 3 is 1.29 bits per heavy atom. The molecule has 0 bridgehead atoms. The average Bonchev–Trinajstić information content (AvgIpc) is 3.63. The van der Waals surface area contributed by atoms with Crippen LogP contribution in [0, 0.1) is 0 Å². The van der Waals surface area contributed by atoms with Crippen molar-refractivity contribution >= 4 is 96.5 Å². The second kappa shape index (κ2) is 18.6. The minimum atomic E-state index is -0.702. The predicted molar refractivity (Wildman–Crippen MR) is 259 cm³/mol. The van der Waals surface area contributed by atoms with Crippen LogP contribution in [0.2, 0.25) is 10.0 Å². The highest BCUT2D eigenvalue weighted by atomic mass is 35.5. The smallest absolute Gasteiger partial charge is 0.286 e. The molecule has 17 heteroatoms. The molecule has 0 saturated heterocycles. The van der Waals surface area contributed by atoms with Gasteiger partial charge in [0.05, 0.1) is 72.4 Å². The van der Waals surface area contributed by atoms with E-state index in [9.17, 15) is 24.6 Å². The topological polar surface area (TPSA) is 185 Å². The number of anilines is 2. The lowest BCUT2D eigenvalue weighted by Crippen LogP contribution is -2.29. The number of phenols is 2. The lowest BCUT2D eigenvalue weighted by atomic mass is 10.0. The van der Waals surface area contributed by atoms with Crippen molar-refractivity contribution < 1.29 is 43.7 Å². The van der Waals surface area contributed by atoms with E-state index >= 15 is 0 Å². The zero-order chi connectivity index (χ0) is 47.8. The fourth-order valence-electron chi connectivity index (χ4n) is 7.95. The summed E-state index contributed by atoms with van der Waals surface area (Å²) < 4.78 is 10.5. The zero-order valence-electron chi connectivity index (χ0n) is 36.4. The van der Waals surface area contributed by atoms with Gasteiger partial charge in [-0.3, -0.25) is 24.1 Å². The number of aromatic hydroxyl groups is 2. The Hall–Kier alpha value is -8.21. The van der Waals surface area contributed by atoms with Gasteiger partial charge in [-0.05, 0) is 94.7 Å². The number of fused-ring (bicyclic) bond motifs is 5. The van der Waals surface area contributed by atoms with Gasteiger partial charge in [0.15, 0.2) is 17.3 Å². The highest BCUT2D eigenvalue weighted by molar-refractivity contribution is 6.33. The van der Waals surface area contributed by atoms with Crippen LogP contribution in [0.1, 0.15) is 36.6 Å². The van der Waals surface area contributed by atoms with Gasteiger partial charge in [0.25, 0.3) is 11.8 Å². The number of azo groups is 2. The molecular weight excluding hydrogens is 911 g/mol. The first-order valence-corrected chi connectivity index (χ1v) is 21.3. The van der Waals surface area contributed by atoms with Crippen molar-refractivity contribution in [2.24, 2.45) is 20.5 Å². The number of methoxy groups -OCH3 is 2. The number of hydrogen-bond acceptors (Lipinski definition) is 13. The Morgan fingerprint density at radius 1 is 0.500 bits per heavy atom. The fourth-order valence-corrected chi connectivity index (χ4v) is 8.46. The molecule has 0 aromatic heterocycles. The number of nitrogens with zero attached hydrogens (tertiary/aromatic N) is 6. The van der Waals surface area contributed by atoms with E-state index in [-0.39, 0.29) is 49.7 Å². The van der Waals surface area contributed by atoms with Gasteiger partial charge in [-0.2, -0.15) is 20.4 Å². The van der Waals surface area contributed by atoms with E-state index in [1.54, 1.807) is 109 Å². The molecule has 0 radical (unpaired) electrons. The van der Waals surface area contributed by atoms with E-state index in [2.05, 4.69) is 20.5 Å². The number of hydroxylamine groups is 2. The number of benzene rings is 8. The van der Waals surface area contributed by atoms with Crippen molar-refractivity contribution in [3.63, 3.8) is 0 Å². The number of ketones is 1. The number of ether oxygens (including phenoxy) is 2. The molecule has 2 N–H and O–H groups in total. The van der Waals surface area contributed by atoms with Crippen LogP contribution in [0.15, 0.2) is 154 Å². The highest BCUT2D eigenvalue weighted by Crippen LogP contribution is 2.45. The summed E-state index contributed by atoms with van der Waals surface area (Å²) >= 11 is 12.7. The summed E-state index contributed by atoms with van der Waals surface area (Å²) in [6, 6.07) is 36.6. The van der Waals surface area contributed by atoms with Gasteiger partial charge in [0.2, 0.25) is 0 Å². The third-order valence-electron chi connectivity index (χ3n) is 11.2. The molecule has 8 aromatic rings. The molecule has 0 saturated carbocycles. The Kier molecular flexibility index (Phi) is 12.3.